The summed E-state index contributed by atoms with van der Waals surface area (Å²) in [5.41, 5.74) is 1.57. The van der Waals surface area contributed by atoms with Gasteiger partial charge in [0.25, 0.3) is 5.91 Å². The molecule has 1 aliphatic heterocycles. The van der Waals surface area contributed by atoms with Crippen LogP contribution in [0.1, 0.15) is 10.4 Å². The maximum atomic E-state index is 13.0. The van der Waals surface area contributed by atoms with E-state index in [1.54, 1.807) is 36.4 Å². The van der Waals surface area contributed by atoms with Crippen molar-refractivity contribution in [1.82, 2.24) is 15.5 Å². The summed E-state index contributed by atoms with van der Waals surface area (Å²) in [6.07, 6.45) is 0. The van der Waals surface area contributed by atoms with Gasteiger partial charge in [-0.05, 0) is 36.4 Å². The Labute approximate surface area is 164 Å². The van der Waals surface area contributed by atoms with Gasteiger partial charge in [0.1, 0.15) is 5.82 Å². The lowest BCUT2D eigenvalue weighted by atomic mass is 10.2. The zero-order valence-electron chi connectivity index (χ0n) is 15.7. The van der Waals surface area contributed by atoms with Gasteiger partial charge in [0.15, 0.2) is 0 Å². The second kappa shape index (κ2) is 9.85. The van der Waals surface area contributed by atoms with Crippen LogP contribution in [-0.4, -0.2) is 62.5 Å². The van der Waals surface area contributed by atoms with E-state index >= 15 is 0 Å². The summed E-state index contributed by atoms with van der Waals surface area (Å²) in [4.78, 5) is 28.3. The third-order valence-electron chi connectivity index (χ3n) is 4.76. The van der Waals surface area contributed by atoms with Crippen molar-refractivity contribution in [3.05, 3.63) is 66.0 Å². The summed E-state index contributed by atoms with van der Waals surface area (Å²) in [5, 5.41) is 5.45. The number of carbonyl (C=O) groups is 2. The first-order valence-corrected chi connectivity index (χ1v) is 9.44. The van der Waals surface area contributed by atoms with Crippen molar-refractivity contribution >= 4 is 17.5 Å². The van der Waals surface area contributed by atoms with Gasteiger partial charge in [0.05, 0.1) is 6.54 Å². The maximum Gasteiger partial charge on any atom is 0.251 e. The number of nitrogens with zero attached hydrogens (tertiary/aromatic N) is 2. The Morgan fingerprint density at radius 3 is 2.25 bits per heavy atom. The van der Waals surface area contributed by atoms with E-state index in [1.807, 2.05) is 6.07 Å². The first-order chi connectivity index (χ1) is 13.6. The van der Waals surface area contributed by atoms with Gasteiger partial charge >= 0.3 is 0 Å². The standard InChI is InChI=1S/C21H25FN4O2/c22-18-6-8-19(9-7-18)26-14-12-25(13-15-26)11-10-23-20(27)16-24-21(28)17-4-2-1-3-5-17/h1-9H,10-16H2,(H,23,27)(H,24,28). The molecule has 0 radical (unpaired) electrons. The molecule has 0 aliphatic carbocycles. The molecular formula is C21H25FN4O2. The molecule has 0 bridgehead atoms. The number of hydrogen-bond acceptors (Lipinski definition) is 4. The number of rotatable bonds is 7. The third kappa shape index (κ3) is 5.79. The van der Waals surface area contributed by atoms with Crippen molar-refractivity contribution in [2.24, 2.45) is 0 Å². The summed E-state index contributed by atoms with van der Waals surface area (Å²) in [7, 11) is 0. The monoisotopic (exact) mass is 384 g/mol. The normalized spacial score (nSPS) is 14.5. The number of benzene rings is 2. The fourth-order valence-electron chi connectivity index (χ4n) is 3.15. The van der Waals surface area contributed by atoms with E-state index in [0.29, 0.717) is 12.1 Å². The lowest BCUT2D eigenvalue weighted by Gasteiger charge is -2.36. The average molecular weight is 384 g/mol. The minimum Gasteiger partial charge on any atom is -0.369 e. The van der Waals surface area contributed by atoms with E-state index in [1.165, 1.54) is 12.1 Å². The largest absolute Gasteiger partial charge is 0.369 e. The summed E-state index contributed by atoms with van der Waals surface area (Å²) >= 11 is 0. The zero-order chi connectivity index (χ0) is 19.8. The molecule has 6 nitrogen and oxygen atoms in total. The molecule has 1 aliphatic rings. The first-order valence-electron chi connectivity index (χ1n) is 9.44. The molecule has 2 N–H and O–H groups in total. The first kappa shape index (κ1) is 19.8. The summed E-state index contributed by atoms with van der Waals surface area (Å²) < 4.78 is 13.0. The Bertz CT molecular complexity index is 775. The van der Waals surface area contributed by atoms with E-state index < -0.39 is 0 Å². The van der Waals surface area contributed by atoms with E-state index in [0.717, 1.165) is 38.4 Å². The van der Waals surface area contributed by atoms with Crippen LogP contribution in [-0.2, 0) is 4.79 Å². The molecule has 148 valence electrons. The van der Waals surface area contributed by atoms with Crippen LogP contribution in [0.5, 0.6) is 0 Å². The van der Waals surface area contributed by atoms with Gasteiger partial charge in [0.2, 0.25) is 5.91 Å². The molecule has 0 spiro atoms. The van der Waals surface area contributed by atoms with Gasteiger partial charge in [-0.15, -0.1) is 0 Å². The van der Waals surface area contributed by atoms with Crippen LogP contribution in [0, 0.1) is 5.82 Å². The number of nitrogens with one attached hydrogen (secondary N) is 2. The average Bonchev–Trinajstić information content (AvgIpc) is 2.74. The quantitative estimate of drug-likeness (QED) is 0.759. The second-order valence-electron chi connectivity index (χ2n) is 6.70. The number of amides is 2. The third-order valence-corrected chi connectivity index (χ3v) is 4.76. The Morgan fingerprint density at radius 2 is 1.57 bits per heavy atom. The van der Waals surface area contributed by atoms with Crippen LogP contribution in [0.15, 0.2) is 54.6 Å². The lowest BCUT2D eigenvalue weighted by molar-refractivity contribution is -0.120. The van der Waals surface area contributed by atoms with Crippen molar-refractivity contribution < 1.29 is 14.0 Å². The Kier molecular flexibility index (Phi) is 6.97. The molecule has 1 saturated heterocycles. The zero-order valence-corrected chi connectivity index (χ0v) is 15.7. The molecule has 3 rings (SSSR count). The molecule has 2 aromatic carbocycles. The molecule has 28 heavy (non-hydrogen) atoms. The highest BCUT2D eigenvalue weighted by atomic mass is 19.1. The van der Waals surface area contributed by atoms with Crippen molar-refractivity contribution in [2.45, 2.75) is 0 Å². The molecule has 7 heteroatoms. The maximum absolute atomic E-state index is 13.0. The van der Waals surface area contributed by atoms with Gasteiger partial charge in [-0.2, -0.15) is 0 Å². The van der Waals surface area contributed by atoms with Crippen LogP contribution in [0.2, 0.25) is 0 Å². The lowest BCUT2D eigenvalue weighted by Crippen LogP contribution is -2.49. The van der Waals surface area contributed by atoms with E-state index in [2.05, 4.69) is 20.4 Å². The second-order valence-corrected chi connectivity index (χ2v) is 6.70. The highest BCUT2D eigenvalue weighted by Gasteiger charge is 2.17. The van der Waals surface area contributed by atoms with E-state index in [4.69, 9.17) is 0 Å². The Balaban J connectivity index is 1.31. The molecule has 0 atom stereocenters. The predicted molar refractivity (Wildman–Crippen MR) is 107 cm³/mol. The topological polar surface area (TPSA) is 64.7 Å². The van der Waals surface area contributed by atoms with Crippen LogP contribution < -0.4 is 15.5 Å². The van der Waals surface area contributed by atoms with Crippen LogP contribution in [0.25, 0.3) is 0 Å². The fraction of sp³-hybridized carbons (Fsp3) is 0.333. The van der Waals surface area contributed by atoms with E-state index in [9.17, 15) is 14.0 Å². The minimum atomic E-state index is -0.257. The molecule has 0 saturated carbocycles. The highest BCUT2D eigenvalue weighted by molar-refractivity contribution is 5.96. The highest BCUT2D eigenvalue weighted by Crippen LogP contribution is 2.16. The van der Waals surface area contributed by atoms with Crippen LogP contribution >= 0.6 is 0 Å². The number of hydrogen-bond donors (Lipinski definition) is 2. The number of halogens is 1. The predicted octanol–water partition coefficient (Wildman–Crippen LogP) is 1.49. The summed E-state index contributed by atoms with van der Waals surface area (Å²) in [6, 6.07) is 15.4. The smallest absolute Gasteiger partial charge is 0.251 e. The van der Waals surface area contributed by atoms with Gasteiger partial charge in [-0.3, -0.25) is 14.5 Å². The SMILES string of the molecule is O=C(CNC(=O)c1ccccc1)NCCN1CCN(c2ccc(F)cc2)CC1. The molecule has 1 fully saturated rings. The Morgan fingerprint density at radius 1 is 0.893 bits per heavy atom. The van der Waals surface area contributed by atoms with E-state index in [-0.39, 0.29) is 24.2 Å². The van der Waals surface area contributed by atoms with Crippen molar-refractivity contribution in [2.75, 3.05) is 50.7 Å². The number of carbonyl (C=O) groups excluding carboxylic acids is 2. The van der Waals surface area contributed by atoms with Crippen molar-refractivity contribution in [1.29, 1.82) is 0 Å². The van der Waals surface area contributed by atoms with Gasteiger partial charge < -0.3 is 15.5 Å². The van der Waals surface area contributed by atoms with Crippen LogP contribution in [0.4, 0.5) is 10.1 Å². The van der Waals surface area contributed by atoms with Crippen LogP contribution in [0.3, 0.4) is 0 Å². The molecule has 2 amide bonds. The molecule has 0 unspecified atom stereocenters. The number of anilines is 1. The Hall–Kier alpha value is -2.93. The molecule has 1 heterocycles. The van der Waals surface area contributed by atoms with Crippen molar-refractivity contribution in [3.8, 4) is 0 Å². The van der Waals surface area contributed by atoms with Gasteiger partial charge in [0, 0.05) is 50.5 Å². The molecule has 2 aromatic rings. The molecule has 0 aromatic heterocycles. The summed E-state index contributed by atoms with van der Waals surface area (Å²) in [6.45, 7) is 4.77. The summed E-state index contributed by atoms with van der Waals surface area (Å²) in [5.74, 6) is -0.681. The number of piperazine rings is 1. The fourth-order valence-corrected chi connectivity index (χ4v) is 3.15. The van der Waals surface area contributed by atoms with Gasteiger partial charge in [-0.25, -0.2) is 4.39 Å². The van der Waals surface area contributed by atoms with Crippen molar-refractivity contribution in [3.63, 3.8) is 0 Å². The van der Waals surface area contributed by atoms with Gasteiger partial charge in [-0.1, -0.05) is 18.2 Å². The minimum absolute atomic E-state index is 0.0356. The molecular weight excluding hydrogens is 359 g/mol.